The third-order valence-corrected chi connectivity index (χ3v) is 3.95. The average Bonchev–Trinajstić information content (AvgIpc) is 2.35. The highest BCUT2D eigenvalue weighted by molar-refractivity contribution is 9.10. The largest absolute Gasteiger partial charge is 0.480 e. The summed E-state index contributed by atoms with van der Waals surface area (Å²) in [5.41, 5.74) is 1.61. The lowest BCUT2D eigenvalue weighted by molar-refractivity contribution is -0.141. The van der Waals surface area contributed by atoms with Gasteiger partial charge in [0.1, 0.15) is 6.04 Å². The number of carbonyl (C=O) groups is 2. The van der Waals surface area contributed by atoms with Crippen molar-refractivity contribution in [1.82, 2.24) is 4.90 Å². The predicted octanol–water partition coefficient (Wildman–Crippen LogP) is 3.08. The average molecular weight is 329 g/mol. The molecule has 0 saturated heterocycles. The second-order valence-corrected chi connectivity index (χ2v) is 5.03. The lowest BCUT2D eigenvalue weighted by Gasteiger charge is -2.24. The number of urea groups is 1. The second-order valence-electron chi connectivity index (χ2n) is 4.24. The molecule has 0 aliphatic rings. The molecule has 1 rings (SSSR count). The molecule has 1 atom stereocenters. The van der Waals surface area contributed by atoms with Gasteiger partial charge in [0.05, 0.1) is 5.69 Å². The van der Waals surface area contributed by atoms with E-state index < -0.39 is 18.0 Å². The van der Waals surface area contributed by atoms with Crippen LogP contribution in [0.4, 0.5) is 10.5 Å². The molecule has 1 aromatic carbocycles. The number of aryl methyl sites for hydroxylation is 1. The Bertz CT molecular complexity index is 491. The summed E-state index contributed by atoms with van der Waals surface area (Å²) in [6.07, 6.45) is 0.355. The minimum atomic E-state index is -1.01. The number of anilines is 1. The third-order valence-electron chi connectivity index (χ3n) is 2.89. The lowest BCUT2D eigenvalue weighted by atomic mass is 10.2. The van der Waals surface area contributed by atoms with Gasteiger partial charge in [-0.25, -0.2) is 9.59 Å². The zero-order valence-electron chi connectivity index (χ0n) is 11.1. The molecule has 2 amide bonds. The van der Waals surface area contributed by atoms with Crippen LogP contribution in [0, 0.1) is 6.92 Å². The summed E-state index contributed by atoms with van der Waals surface area (Å²) in [6.45, 7) is 3.64. The van der Waals surface area contributed by atoms with Crippen LogP contribution in [0.5, 0.6) is 0 Å². The number of amides is 2. The Morgan fingerprint density at radius 3 is 2.63 bits per heavy atom. The zero-order valence-corrected chi connectivity index (χ0v) is 12.7. The molecule has 104 valence electrons. The van der Waals surface area contributed by atoms with Crippen molar-refractivity contribution in [2.75, 3.05) is 12.4 Å². The van der Waals surface area contributed by atoms with Crippen LogP contribution in [-0.4, -0.2) is 35.1 Å². The Labute approximate surface area is 120 Å². The van der Waals surface area contributed by atoms with E-state index in [2.05, 4.69) is 21.2 Å². The van der Waals surface area contributed by atoms with E-state index in [4.69, 9.17) is 5.11 Å². The standard InChI is InChI=1S/C13H17BrN2O3/c1-4-10(12(17)18)16(3)13(19)15-9-7-5-6-8(2)11(9)14/h5-7,10H,4H2,1-3H3,(H,15,19)(H,17,18). The molecule has 1 unspecified atom stereocenters. The number of benzene rings is 1. The van der Waals surface area contributed by atoms with Crippen molar-refractivity contribution < 1.29 is 14.7 Å². The molecule has 0 fully saturated rings. The van der Waals surface area contributed by atoms with E-state index >= 15 is 0 Å². The maximum absolute atomic E-state index is 12.0. The Morgan fingerprint density at radius 1 is 1.47 bits per heavy atom. The Hall–Kier alpha value is -1.56. The molecule has 0 aromatic heterocycles. The molecule has 19 heavy (non-hydrogen) atoms. The molecule has 0 heterocycles. The van der Waals surface area contributed by atoms with Gasteiger partial charge in [-0.1, -0.05) is 19.1 Å². The number of nitrogens with one attached hydrogen (secondary N) is 1. The Kier molecular flexibility index (Phi) is 5.35. The number of likely N-dealkylation sites (N-methyl/N-ethyl adjacent to an activating group) is 1. The van der Waals surface area contributed by atoms with Crippen LogP contribution in [0.25, 0.3) is 0 Å². The molecular formula is C13H17BrN2O3. The maximum atomic E-state index is 12.0. The van der Waals surface area contributed by atoms with Crippen LogP contribution >= 0.6 is 15.9 Å². The summed E-state index contributed by atoms with van der Waals surface area (Å²) in [5.74, 6) is -1.01. The quantitative estimate of drug-likeness (QED) is 0.892. The van der Waals surface area contributed by atoms with Crippen molar-refractivity contribution in [2.45, 2.75) is 26.3 Å². The van der Waals surface area contributed by atoms with Crippen molar-refractivity contribution in [1.29, 1.82) is 0 Å². The van der Waals surface area contributed by atoms with Gasteiger partial charge in [-0.15, -0.1) is 0 Å². The number of hydrogen-bond acceptors (Lipinski definition) is 2. The smallest absolute Gasteiger partial charge is 0.326 e. The van der Waals surface area contributed by atoms with Gasteiger partial charge in [0.2, 0.25) is 0 Å². The van der Waals surface area contributed by atoms with E-state index in [-0.39, 0.29) is 0 Å². The molecule has 0 bridgehead atoms. The molecule has 2 N–H and O–H groups in total. The van der Waals surface area contributed by atoms with Crippen LogP contribution < -0.4 is 5.32 Å². The van der Waals surface area contributed by atoms with Gasteiger partial charge >= 0.3 is 12.0 Å². The number of rotatable bonds is 4. The Morgan fingerprint density at radius 2 is 2.11 bits per heavy atom. The van der Waals surface area contributed by atoms with E-state index in [1.165, 1.54) is 11.9 Å². The van der Waals surface area contributed by atoms with Crippen molar-refractivity contribution in [3.05, 3.63) is 28.2 Å². The number of carboxylic acids is 1. The van der Waals surface area contributed by atoms with Crippen LogP contribution in [0.3, 0.4) is 0 Å². The minimum absolute atomic E-state index is 0.355. The van der Waals surface area contributed by atoms with E-state index in [9.17, 15) is 9.59 Å². The van der Waals surface area contributed by atoms with Gasteiger partial charge in [0.15, 0.2) is 0 Å². The maximum Gasteiger partial charge on any atom is 0.326 e. The van der Waals surface area contributed by atoms with Gasteiger partial charge in [-0.05, 0) is 40.9 Å². The van der Waals surface area contributed by atoms with Gasteiger partial charge < -0.3 is 15.3 Å². The molecule has 5 nitrogen and oxygen atoms in total. The summed E-state index contributed by atoms with van der Waals surface area (Å²) < 4.78 is 0.792. The highest BCUT2D eigenvalue weighted by Crippen LogP contribution is 2.26. The fraction of sp³-hybridized carbons (Fsp3) is 0.385. The SMILES string of the molecule is CCC(C(=O)O)N(C)C(=O)Nc1cccc(C)c1Br. The number of carboxylic acid groups (broad SMARTS) is 1. The second kappa shape index (κ2) is 6.56. The lowest BCUT2D eigenvalue weighted by Crippen LogP contribution is -2.44. The highest BCUT2D eigenvalue weighted by atomic mass is 79.9. The summed E-state index contributed by atoms with van der Waals surface area (Å²) in [7, 11) is 1.47. The topological polar surface area (TPSA) is 69.6 Å². The van der Waals surface area contributed by atoms with Crippen LogP contribution in [-0.2, 0) is 4.79 Å². The summed E-state index contributed by atoms with van der Waals surface area (Å²) in [4.78, 5) is 24.2. The van der Waals surface area contributed by atoms with Crippen LogP contribution in [0.2, 0.25) is 0 Å². The summed E-state index contributed by atoms with van der Waals surface area (Å²) in [5, 5.41) is 11.7. The summed E-state index contributed by atoms with van der Waals surface area (Å²) in [6, 6.07) is 4.22. The first kappa shape index (κ1) is 15.5. The van der Waals surface area contributed by atoms with E-state index in [1.807, 2.05) is 19.1 Å². The van der Waals surface area contributed by atoms with Gasteiger partial charge in [0, 0.05) is 11.5 Å². The monoisotopic (exact) mass is 328 g/mol. The fourth-order valence-corrected chi connectivity index (χ4v) is 2.07. The molecule has 0 aliphatic heterocycles. The number of halogens is 1. The fourth-order valence-electron chi connectivity index (χ4n) is 1.70. The van der Waals surface area contributed by atoms with E-state index in [0.717, 1.165) is 10.0 Å². The van der Waals surface area contributed by atoms with E-state index in [1.54, 1.807) is 13.0 Å². The number of hydrogen-bond donors (Lipinski definition) is 2. The number of aliphatic carboxylic acids is 1. The van der Waals surface area contributed by atoms with Gasteiger partial charge in [0.25, 0.3) is 0 Å². The minimum Gasteiger partial charge on any atom is -0.480 e. The molecule has 0 spiro atoms. The van der Waals surface area contributed by atoms with Crippen LogP contribution in [0.1, 0.15) is 18.9 Å². The third kappa shape index (κ3) is 3.70. The molecular weight excluding hydrogens is 312 g/mol. The Balaban J connectivity index is 2.85. The highest BCUT2D eigenvalue weighted by Gasteiger charge is 2.25. The molecule has 0 radical (unpaired) electrons. The van der Waals surface area contributed by atoms with Crippen molar-refractivity contribution in [3.8, 4) is 0 Å². The van der Waals surface area contributed by atoms with Crippen molar-refractivity contribution >= 4 is 33.6 Å². The molecule has 6 heteroatoms. The zero-order chi connectivity index (χ0) is 14.6. The van der Waals surface area contributed by atoms with Gasteiger partial charge in [-0.3, -0.25) is 0 Å². The predicted molar refractivity (Wildman–Crippen MR) is 77.4 cm³/mol. The van der Waals surface area contributed by atoms with Gasteiger partial charge in [-0.2, -0.15) is 0 Å². The number of carbonyl (C=O) groups excluding carboxylic acids is 1. The van der Waals surface area contributed by atoms with Crippen molar-refractivity contribution in [3.63, 3.8) is 0 Å². The first-order valence-corrected chi connectivity index (χ1v) is 6.69. The first-order chi connectivity index (χ1) is 8.88. The van der Waals surface area contributed by atoms with Crippen molar-refractivity contribution in [2.24, 2.45) is 0 Å². The van der Waals surface area contributed by atoms with Crippen LogP contribution in [0.15, 0.2) is 22.7 Å². The van der Waals surface area contributed by atoms with E-state index in [0.29, 0.717) is 12.1 Å². The molecule has 0 saturated carbocycles. The normalized spacial score (nSPS) is 11.8. The molecule has 1 aromatic rings. The first-order valence-electron chi connectivity index (χ1n) is 5.90. The summed E-state index contributed by atoms with van der Waals surface area (Å²) >= 11 is 3.39. The number of nitrogens with zero attached hydrogens (tertiary/aromatic N) is 1. The molecule has 0 aliphatic carbocycles.